The van der Waals surface area contributed by atoms with Gasteiger partial charge in [0.1, 0.15) is 5.82 Å². The molecule has 5 rings (SSSR count). The van der Waals surface area contributed by atoms with Gasteiger partial charge in [0.25, 0.3) is 5.56 Å². The van der Waals surface area contributed by atoms with Crippen LogP contribution in [-0.2, 0) is 6.54 Å². The van der Waals surface area contributed by atoms with Crippen LogP contribution in [0.5, 0.6) is 0 Å². The predicted octanol–water partition coefficient (Wildman–Crippen LogP) is 3.91. The van der Waals surface area contributed by atoms with E-state index < -0.39 is 0 Å². The maximum Gasteiger partial charge on any atom is 0.326 e. The highest BCUT2D eigenvalue weighted by Gasteiger charge is 2.14. The second kappa shape index (κ2) is 8.47. The number of hydrogen-bond acceptors (Lipinski definition) is 5. The Morgan fingerprint density at radius 1 is 1.00 bits per heavy atom. The molecular weight excluding hydrogens is 422 g/mol. The summed E-state index contributed by atoms with van der Waals surface area (Å²) < 4.78 is 3.32. The van der Waals surface area contributed by atoms with Gasteiger partial charge in [0.2, 0.25) is 0 Å². The minimum Gasteiger partial charge on any atom is -0.306 e. The highest BCUT2D eigenvalue weighted by Crippen LogP contribution is 2.22. The van der Waals surface area contributed by atoms with Crippen molar-refractivity contribution in [1.82, 2.24) is 24.1 Å². The smallest absolute Gasteiger partial charge is 0.306 e. The summed E-state index contributed by atoms with van der Waals surface area (Å²) in [6, 6.07) is 18.8. The van der Waals surface area contributed by atoms with E-state index in [1.165, 1.54) is 11.8 Å². The molecule has 5 aromatic rings. The number of aromatic amines is 1. The van der Waals surface area contributed by atoms with E-state index in [1.807, 2.05) is 61.5 Å². The van der Waals surface area contributed by atoms with Gasteiger partial charge in [-0.25, -0.2) is 19.3 Å². The van der Waals surface area contributed by atoms with Crippen LogP contribution in [0.15, 0.2) is 81.6 Å². The Labute approximate surface area is 187 Å². The van der Waals surface area contributed by atoms with Crippen LogP contribution in [0.25, 0.3) is 27.8 Å². The Hall–Kier alpha value is -3.65. The van der Waals surface area contributed by atoms with Crippen molar-refractivity contribution in [2.45, 2.75) is 25.0 Å². The van der Waals surface area contributed by atoms with Gasteiger partial charge >= 0.3 is 5.69 Å². The molecule has 0 aliphatic heterocycles. The Morgan fingerprint density at radius 2 is 1.81 bits per heavy atom. The third kappa shape index (κ3) is 3.73. The average Bonchev–Trinajstić information content (AvgIpc) is 3.13. The quantitative estimate of drug-likeness (QED) is 0.244. The number of benzene rings is 2. The van der Waals surface area contributed by atoms with Crippen molar-refractivity contribution in [3.05, 3.63) is 93.3 Å². The molecule has 3 heterocycles. The van der Waals surface area contributed by atoms with E-state index in [0.29, 0.717) is 34.2 Å². The summed E-state index contributed by atoms with van der Waals surface area (Å²) >= 11 is 1.49. The van der Waals surface area contributed by atoms with E-state index in [0.717, 1.165) is 23.0 Å². The van der Waals surface area contributed by atoms with E-state index in [4.69, 9.17) is 4.98 Å². The normalized spacial score (nSPS) is 11.4. The lowest BCUT2D eigenvalue weighted by Gasteiger charge is -2.12. The molecule has 0 atom stereocenters. The van der Waals surface area contributed by atoms with E-state index >= 15 is 0 Å². The van der Waals surface area contributed by atoms with E-state index in [9.17, 15) is 9.59 Å². The lowest BCUT2D eigenvalue weighted by molar-refractivity contribution is 0.678. The Bertz CT molecular complexity index is 1530. The number of imidazole rings is 1. The number of nitrogens with zero attached hydrogens (tertiary/aromatic N) is 4. The van der Waals surface area contributed by atoms with Gasteiger partial charge in [-0.2, -0.15) is 0 Å². The Balaban J connectivity index is 1.44. The number of rotatable bonds is 6. The largest absolute Gasteiger partial charge is 0.326 e. The average molecular weight is 444 g/mol. The molecule has 0 unspecified atom stereocenters. The van der Waals surface area contributed by atoms with Crippen molar-refractivity contribution in [2.24, 2.45) is 0 Å². The zero-order chi connectivity index (χ0) is 22.1. The van der Waals surface area contributed by atoms with Gasteiger partial charge in [0, 0.05) is 18.5 Å². The van der Waals surface area contributed by atoms with Crippen molar-refractivity contribution in [1.29, 1.82) is 0 Å². The number of thioether (sulfide) groups is 1. The van der Waals surface area contributed by atoms with Gasteiger partial charge in [-0.05, 0) is 49.2 Å². The summed E-state index contributed by atoms with van der Waals surface area (Å²) in [6.45, 7) is 2.54. The molecule has 0 bridgehead atoms. The molecule has 0 amide bonds. The molecule has 0 aliphatic carbocycles. The van der Waals surface area contributed by atoms with Crippen LogP contribution in [0.1, 0.15) is 12.0 Å². The monoisotopic (exact) mass is 443 g/mol. The Kier molecular flexibility index (Phi) is 5.36. The Morgan fingerprint density at radius 3 is 2.66 bits per heavy atom. The van der Waals surface area contributed by atoms with Crippen molar-refractivity contribution in [3.63, 3.8) is 0 Å². The van der Waals surface area contributed by atoms with E-state index in [-0.39, 0.29) is 11.2 Å². The van der Waals surface area contributed by atoms with Gasteiger partial charge in [-0.15, -0.1) is 0 Å². The molecule has 0 aliphatic rings. The van der Waals surface area contributed by atoms with Crippen LogP contribution < -0.4 is 11.2 Å². The molecule has 0 fully saturated rings. The van der Waals surface area contributed by atoms with Gasteiger partial charge in [-0.1, -0.05) is 42.1 Å². The number of hydrogen-bond donors (Lipinski definition) is 1. The molecule has 0 spiro atoms. The fraction of sp³-hybridized carbons (Fsp3) is 0.167. The first kappa shape index (κ1) is 20.3. The number of aromatic nitrogens is 5. The van der Waals surface area contributed by atoms with Crippen LogP contribution in [-0.4, -0.2) is 29.8 Å². The highest BCUT2D eigenvalue weighted by atomic mass is 32.2. The van der Waals surface area contributed by atoms with Crippen LogP contribution in [0.4, 0.5) is 0 Å². The molecule has 3 aromatic heterocycles. The van der Waals surface area contributed by atoms with Crippen molar-refractivity contribution >= 4 is 33.7 Å². The van der Waals surface area contributed by atoms with E-state index in [1.54, 1.807) is 21.4 Å². The molecule has 0 saturated carbocycles. The summed E-state index contributed by atoms with van der Waals surface area (Å²) in [6.07, 6.45) is 2.49. The first-order valence-electron chi connectivity index (χ1n) is 10.4. The van der Waals surface area contributed by atoms with Crippen LogP contribution >= 0.6 is 11.8 Å². The molecule has 0 radical (unpaired) electrons. The second-order valence-electron chi connectivity index (χ2n) is 7.55. The van der Waals surface area contributed by atoms with Gasteiger partial charge in [0.05, 0.1) is 21.9 Å². The number of aryl methyl sites for hydroxylation is 2. The molecule has 8 heteroatoms. The van der Waals surface area contributed by atoms with Crippen LogP contribution in [0, 0.1) is 6.92 Å². The molecule has 1 N–H and O–H groups in total. The number of nitrogens with one attached hydrogen (secondary N) is 1. The second-order valence-corrected chi connectivity index (χ2v) is 8.61. The van der Waals surface area contributed by atoms with E-state index in [2.05, 4.69) is 9.97 Å². The summed E-state index contributed by atoms with van der Waals surface area (Å²) in [5.41, 5.74) is 3.17. The topological polar surface area (TPSA) is 85.6 Å². The molecule has 160 valence electrons. The van der Waals surface area contributed by atoms with Gasteiger partial charge < -0.3 is 4.98 Å². The fourth-order valence-electron chi connectivity index (χ4n) is 3.72. The van der Waals surface area contributed by atoms with Crippen molar-refractivity contribution < 1.29 is 0 Å². The zero-order valence-electron chi connectivity index (χ0n) is 17.5. The minimum atomic E-state index is -0.137. The molecule has 32 heavy (non-hydrogen) atoms. The first-order chi connectivity index (χ1) is 15.6. The maximum absolute atomic E-state index is 13.3. The number of pyridine rings is 1. The number of para-hydroxylation sites is 3. The highest BCUT2D eigenvalue weighted by molar-refractivity contribution is 7.99. The lowest BCUT2D eigenvalue weighted by Crippen LogP contribution is -2.23. The molecule has 7 nitrogen and oxygen atoms in total. The molecule has 2 aromatic carbocycles. The third-order valence-electron chi connectivity index (χ3n) is 5.31. The molecule has 0 saturated heterocycles. The summed E-state index contributed by atoms with van der Waals surface area (Å²) in [5, 5.41) is 1.15. The van der Waals surface area contributed by atoms with Gasteiger partial charge in [0.15, 0.2) is 5.16 Å². The minimum absolute atomic E-state index is 0.110. The third-order valence-corrected chi connectivity index (χ3v) is 6.33. The zero-order valence-corrected chi connectivity index (χ0v) is 18.3. The van der Waals surface area contributed by atoms with Crippen molar-refractivity contribution in [3.8, 4) is 5.82 Å². The van der Waals surface area contributed by atoms with Crippen molar-refractivity contribution in [2.75, 3.05) is 5.75 Å². The van der Waals surface area contributed by atoms with Crippen LogP contribution in [0.2, 0.25) is 0 Å². The molecular formula is C24H21N5O2S. The first-order valence-corrected chi connectivity index (χ1v) is 11.4. The summed E-state index contributed by atoms with van der Waals surface area (Å²) in [5.74, 6) is 1.25. The fourth-order valence-corrected chi connectivity index (χ4v) is 4.64. The van der Waals surface area contributed by atoms with Crippen LogP contribution in [0.3, 0.4) is 0 Å². The number of H-pyrrole nitrogens is 1. The predicted molar refractivity (Wildman–Crippen MR) is 128 cm³/mol. The summed E-state index contributed by atoms with van der Waals surface area (Å²) in [4.78, 5) is 37.6. The van der Waals surface area contributed by atoms with Gasteiger partial charge in [-0.3, -0.25) is 9.36 Å². The summed E-state index contributed by atoms with van der Waals surface area (Å²) in [7, 11) is 0. The number of fused-ring (bicyclic) bond motifs is 2. The lowest BCUT2D eigenvalue weighted by atomic mass is 10.2. The standard InChI is InChI=1S/C24H21N5O2S/c1-16-11-12-21(25-15-16)29-22(30)17-7-2-3-8-18(17)27-24(29)32-14-6-13-28-20-10-5-4-9-19(20)26-23(28)31/h2-5,7-12,15H,6,13-14H2,1H3,(H,26,31). The SMILES string of the molecule is Cc1ccc(-n2c(SCCCn3c(=O)[nH]c4ccccc43)nc3ccccc3c2=O)nc1. The maximum atomic E-state index is 13.3.